The Balaban J connectivity index is 0.974. The molecule has 284 valence electrons. The lowest BCUT2D eigenvalue weighted by molar-refractivity contribution is 0.627. The van der Waals surface area contributed by atoms with Crippen LogP contribution in [0.25, 0.3) is 101 Å². The molecule has 6 nitrogen and oxygen atoms in total. The first-order chi connectivity index (χ1) is 29.5. The number of rotatable bonds is 8. The molecule has 2 aromatic heterocycles. The summed E-state index contributed by atoms with van der Waals surface area (Å²) in [6.45, 7) is 0. The van der Waals surface area contributed by atoms with Crippen LogP contribution >= 0.6 is 0 Å². The first kappa shape index (κ1) is 36.3. The largest absolute Gasteiger partial charge is 0.208 e. The highest BCUT2D eigenvalue weighted by atomic mass is 19.1. The van der Waals surface area contributed by atoms with Crippen LogP contribution < -0.4 is 0 Å². The van der Waals surface area contributed by atoms with Gasteiger partial charge in [0.25, 0.3) is 0 Å². The summed E-state index contributed by atoms with van der Waals surface area (Å²) in [5.41, 5.74) is 9.06. The summed E-state index contributed by atoms with van der Waals surface area (Å²) in [5, 5.41) is 2.24. The first-order valence-corrected chi connectivity index (χ1v) is 19.4. The third kappa shape index (κ3) is 7.41. The van der Waals surface area contributed by atoms with E-state index in [2.05, 4.69) is 60.7 Å². The predicted molar refractivity (Wildman–Crippen MR) is 234 cm³/mol. The zero-order chi connectivity index (χ0) is 40.4. The monoisotopic (exact) mass is 778 g/mol. The van der Waals surface area contributed by atoms with Gasteiger partial charge in [-0.1, -0.05) is 140 Å². The minimum Gasteiger partial charge on any atom is -0.208 e. The second kappa shape index (κ2) is 15.7. The van der Waals surface area contributed by atoms with Crippen molar-refractivity contribution in [3.8, 4) is 90.6 Å². The maximum absolute atomic E-state index is 13.8. The molecular weight excluding hydrogens is 747 g/mol. The Morgan fingerprint density at radius 3 is 1.00 bits per heavy atom. The molecule has 2 heterocycles. The van der Waals surface area contributed by atoms with E-state index in [1.54, 1.807) is 24.3 Å². The molecule has 0 aliphatic heterocycles. The second-order valence-electron chi connectivity index (χ2n) is 14.3. The average molecular weight is 779 g/mol. The SMILES string of the molecule is Fc1ccc(-c2nc(-c3ccccc3)nc(-c3ccc(-c4ccc5cccc(-c6ccc(-c7nc(-c8ccccc8)nc(-c8ccc(F)cc8)n7)cc6)c5c4)cc3)n2)cc1. The van der Waals surface area contributed by atoms with Crippen molar-refractivity contribution in [1.29, 1.82) is 0 Å². The van der Waals surface area contributed by atoms with Gasteiger partial charge in [-0.05, 0) is 87.6 Å². The minimum absolute atomic E-state index is 0.321. The van der Waals surface area contributed by atoms with Crippen molar-refractivity contribution in [3.63, 3.8) is 0 Å². The molecule has 0 unspecified atom stereocenters. The highest BCUT2D eigenvalue weighted by Gasteiger charge is 2.15. The number of hydrogen-bond donors (Lipinski definition) is 0. The van der Waals surface area contributed by atoms with Crippen molar-refractivity contribution in [2.45, 2.75) is 0 Å². The lowest BCUT2D eigenvalue weighted by atomic mass is 9.94. The van der Waals surface area contributed by atoms with E-state index >= 15 is 0 Å². The maximum atomic E-state index is 13.8. The van der Waals surface area contributed by atoms with Crippen molar-refractivity contribution < 1.29 is 8.78 Å². The van der Waals surface area contributed by atoms with Gasteiger partial charge in [-0.2, -0.15) is 0 Å². The zero-order valence-corrected chi connectivity index (χ0v) is 31.9. The van der Waals surface area contributed by atoms with Gasteiger partial charge in [0.15, 0.2) is 34.9 Å². The van der Waals surface area contributed by atoms with Crippen molar-refractivity contribution in [2.24, 2.45) is 0 Å². The molecular formula is C52H32F2N6. The first-order valence-electron chi connectivity index (χ1n) is 19.4. The van der Waals surface area contributed by atoms with Gasteiger partial charge in [0.1, 0.15) is 11.6 Å². The highest BCUT2D eigenvalue weighted by molar-refractivity contribution is 5.99. The summed E-state index contributed by atoms with van der Waals surface area (Å²) in [7, 11) is 0. The standard InChI is InChI=1S/C52H32F2N6/c53-43-28-24-40(25-29-43)51-57-47(36-8-3-1-4-9-36)55-49(59-51)38-19-14-33(15-20-38)42-23-18-34-12-7-13-45(46(34)32-42)35-16-21-39(22-17-35)50-56-48(37-10-5-2-6-11-37)58-52(60-50)41-26-30-44(54)31-27-41/h1-32H. The molecule has 0 spiro atoms. The number of nitrogens with zero attached hydrogens (tertiary/aromatic N) is 6. The number of hydrogen-bond acceptors (Lipinski definition) is 6. The van der Waals surface area contributed by atoms with Crippen molar-refractivity contribution >= 4 is 10.8 Å². The Labute approximate surface area is 344 Å². The van der Waals surface area contributed by atoms with Crippen LogP contribution in [0.15, 0.2) is 194 Å². The topological polar surface area (TPSA) is 77.3 Å². The molecule has 0 N–H and O–H groups in total. The minimum atomic E-state index is -0.321. The molecule has 8 heteroatoms. The van der Waals surface area contributed by atoms with Crippen molar-refractivity contribution in [1.82, 2.24) is 29.9 Å². The van der Waals surface area contributed by atoms with Gasteiger partial charge in [0.05, 0.1) is 0 Å². The van der Waals surface area contributed by atoms with E-state index < -0.39 is 0 Å². The van der Waals surface area contributed by atoms with Gasteiger partial charge in [-0.3, -0.25) is 0 Å². The number of aromatic nitrogens is 6. The fraction of sp³-hybridized carbons (Fsp3) is 0. The predicted octanol–water partition coefficient (Wildman–Crippen LogP) is 12.8. The van der Waals surface area contributed by atoms with Crippen LogP contribution in [0.2, 0.25) is 0 Å². The van der Waals surface area contributed by atoms with Gasteiger partial charge in [0.2, 0.25) is 0 Å². The van der Waals surface area contributed by atoms with Crippen LogP contribution in [0.1, 0.15) is 0 Å². The third-order valence-corrected chi connectivity index (χ3v) is 10.4. The van der Waals surface area contributed by atoms with Crippen molar-refractivity contribution in [3.05, 3.63) is 206 Å². The number of benzene rings is 8. The summed E-state index contributed by atoms with van der Waals surface area (Å²) >= 11 is 0. The van der Waals surface area contributed by atoms with Gasteiger partial charge in [0, 0.05) is 33.4 Å². The van der Waals surface area contributed by atoms with Crippen LogP contribution in [0.5, 0.6) is 0 Å². The van der Waals surface area contributed by atoms with Crippen LogP contribution in [0, 0.1) is 11.6 Å². The third-order valence-electron chi connectivity index (χ3n) is 10.4. The van der Waals surface area contributed by atoms with Crippen LogP contribution in [0.4, 0.5) is 8.78 Å². The van der Waals surface area contributed by atoms with Gasteiger partial charge in [-0.15, -0.1) is 0 Å². The Kier molecular flexibility index (Phi) is 9.48. The van der Waals surface area contributed by atoms with Gasteiger partial charge in [-0.25, -0.2) is 38.7 Å². The fourth-order valence-corrected chi connectivity index (χ4v) is 7.21. The summed E-state index contributed by atoms with van der Waals surface area (Å²) in [5.74, 6) is 2.43. The molecule has 0 saturated carbocycles. The summed E-state index contributed by atoms with van der Waals surface area (Å²) in [6.07, 6.45) is 0. The van der Waals surface area contributed by atoms with E-state index in [9.17, 15) is 8.78 Å². The lowest BCUT2D eigenvalue weighted by Crippen LogP contribution is -2.00. The normalized spacial score (nSPS) is 11.2. The molecule has 8 aromatic carbocycles. The maximum Gasteiger partial charge on any atom is 0.164 e. The Bertz CT molecular complexity index is 3120. The van der Waals surface area contributed by atoms with Gasteiger partial charge >= 0.3 is 0 Å². The van der Waals surface area contributed by atoms with E-state index in [4.69, 9.17) is 29.9 Å². The summed E-state index contributed by atoms with van der Waals surface area (Å²) in [6, 6.07) is 61.2. The molecule has 0 aliphatic carbocycles. The second-order valence-corrected chi connectivity index (χ2v) is 14.3. The molecule has 0 aliphatic rings. The van der Waals surface area contributed by atoms with Crippen LogP contribution in [-0.4, -0.2) is 29.9 Å². The summed E-state index contributed by atoms with van der Waals surface area (Å²) < 4.78 is 27.6. The van der Waals surface area contributed by atoms with E-state index in [1.807, 2.05) is 84.9 Å². The van der Waals surface area contributed by atoms with Crippen molar-refractivity contribution in [2.75, 3.05) is 0 Å². The Hall–Kier alpha value is -8.10. The molecule has 60 heavy (non-hydrogen) atoms. The summed E-state index contributed by atoms with van der Waals surface area (Å²) in [4.78, 5) is 28.8. The van der Waals surface area contributed by atoms with E-state index in [1.165, 1.54) is 24.3 Å². The Morgan fingerprint density at radius 2 is 0.583 bits per heavy atom. The molecule has 0 atom stereocenters. The van der Waals surface area contributed by atoms with E-state index in [0.29, 0.717) is 46.1 Å². The zero-order valence-electron chi connectivity index (χ0n) is 31.9. The number of halogens is 2. The molecule has 0 saturated heterocycles. The molecule has 0 fully saturated rings. The molecule has 10 aromatic rings. The highest BCUT2D eigenvalue weighted by Crippen LogP contribution is 2.35. The van der Waals surface area contributed by atoms with Gasteiger partial charge < -0.3 is 0 Å². The molecule has 10 rings (SSSR count). The lowest BCUT2D eigenvalue weighted by Gasteiger charge is -2.12. The quantitative estimate of drug-likeness (QED) is 0.153. The molecule has 0 bridgehead atoms. The molecule has 0 amide bonds. The smallest absolute Gasteiger partial charge is 0.164 e. The van der Waals surface area contributed by atoms with Crippen LogP contribution in [0.3, 0.4) is 0 Å². The number of fused-ring (bicyclic) bond motifs is 1. The average Bonchev–Trinajstić information content (AvgIpc) is 3.32. The van der Waals surface area contributed by atoms with E-state index in [0.717, 1.165) is 55.3 Å². The fourth-order valence-electron chi connectivity index (χ4n) is 7.21. The van der Waals surface area contributed by atoms with E-state index in [-0.39, 0.29) is 11.6 Å². The molecule has 0 radical (unpaired) electrons. The Morgan fingerprint density at radius 1 is 0.250 bits per heavy atom. The van der Waals surface area contributed by atoms with Crippen LogP contribution in [-0.2, 0) is 0 Å².